The van der Waals surface area contributed by atoms with Crippen LogP contribution in [0.4, 0.5) is 5.82 Å². The van der Waals surface area contributed by atoms with Crippen LogP contribution in [-0.2, 0) is 0 Å². The molecule has 4 rings (SSSR count). The molecule has 0 unspecified atom stereocenters. The smallest absolute Gasteiger partial charge is 0.225 e. The van der Waals surface area contributed by atoms with Gasteiger partial charge in [0, 0.05) is 24.0 Å². The van der Waals surface area contributed by atoms with Crippen LogP contribution < -0.4 is 9.64 Å². The van der Waals surface area contributed by atoms with Gasteiger partial charge in [-0.05, 0) is 42.1 Å². The van der Waals surface area contributed by atoms with Crippen LogP contribution in [0.25, 0.3) is 21.3 Å². The summed E-state index contributed by atoms with van der Waals surface area (Å²) in [4.78, 5) is 12.4. The maximum atomic E-state index is 6.22. The van der Waals surface area contributed by atoms with E-state index in [0.717, 1.165) is 40.4 Å². The van der Waals surface area contributed by atoms with Gasteiger partial charge in [-0.1, -0.05) is 25.0 Å². The normalized spacial score (nSPS) is 15.4. The summed E-state index contributed by atoms with van der Waals surface area (Å²) < 4.78 is 5.27. The molecule has 0 N–H and O–H groups in total. The molecule has 1 aromatic carbocycles. The Morgan fingerprint density at radius 2 is 1.76 bits per heavy atom. The van der Waals surface area contributed by atoms with Crippen molar-refractivity contribution in [1.29, 1.82) is 0 Å². The molecule has 0 bridgehead atoms. The van der Waals surface area contributed by atoms with E-state index >= 15 is 0 Å². The monoisotopic (exact) mass is 373 g/mol. The standard InChI is InChI=1S/C19H20ClN3OS/c1-24-14-8-6-13(7-9-14)15-12-25-18-16(15)17(21-19(20)22-18)23-10-4-2-3-5-11-23/h6-9,12H,2-5,10-11H2,1H3. The topological polar surface area (TPSA) is 38.3 Å². The van der Waals surface area contributed by atoms with Gasteiger partial charge >= 0.3 is 0 Å². The summed E-state index contributed by atoms with van der Waals surface area (Å²) in [6.07, 6.45) is 4.97. The van der Waals surface area contributed by atoms with E-state index in [0.29, 0.717) is 5.28 Å². The van der Waals surface area contributed by atoms with E-state index in [1.165, 1.54) is 31.2 Å². The lowest BCUT2D eigenvalue weighted by molar-refractivity contribution is 0.415. The third-order valence-corrected chi connectivity index (χ3v) is 5.74. The molecule has 1 saturated heterocycles. The highest BCUT2D eigenvalue weighted by Gasteiger charge is 2.20. The number of rotatable bonds is 3. The highest BCUT2D eigenvalue weighted by molar-refractivity contribution is 7.17. The van der Waals surface area contributed by atoms with E-state index in [4.69, 9.17) is 16.3 Å². The predicted octanol–water partition coefficient (Wildman–Crippen LogP) is 5.40. The van der Waals surface area contributed by atoms with Crippen LogP contribution in [-0.4, -0.2) is 30.2 Å². The van der Waals surface area contributed by atoms with Gasteiger partial charge in [-0.25, -0.2) is 4.98 Å². The Balaban J connectivity index is 1.85. The number of methoxy groups -OCH3 is 1. The Morgan fingerprint density at radius 1 is 1.04 bits per heavy atom. The second-order valence-electron chi connectivity index (χ2n) is 6.28. The highest BCUT2D eigenvalue weighted by Crippen LogP contribution is 2.39. The van der Waals surface area contributed by atoms with Gasteiger partial charge in [-0.2, -0.15) is 4.98 Å². The Kier molecular flexibility index (Phi) is 4.77. The molecule has 1 aliphatic rings. The minimum atomic E-state index is 0.329. The number of benzene rings is 1. The van der Waals surface area contributed by atoms with E-state index in [1.54, 1.807) is 18.4 Å². The van der Waals surface area contributed by atoms with Crippen LogP contribution in [0.5, 0.6) is 5.75 Å². The van der Waals surface area contributed by atoms with Crippen molar-refractivity contribution in [2.75, 3.05) is 25.1 Å². The van der Waals surface area contributed by atoms with Crippen LogP contribution >= 0.6 is 22.9 Å². The molecule has 0 aliphatic carbocycles. The summed E-state index contributed by atoms with van der Waals surface area (Å²) in [7, 11) is 1.68. The lowest BCUT2D eigenvalue weighted by Gasteiger charge is -2.22. The molecule has 130 valence electrons. The van der Waals surface area contributed by atoms with Crippen molar-refractivity contribution in [1.82, 2.24) is 9.97 Å². The van der Waals surface area contributed by atoms with Gasteiger partial charge in [0.1, 0.15) is 16.4 Å². The van der Waals surface area contributed by atoms with Gasteiger partial charge in [0.15, 0.2) is 0 Å². The number of halogens is 1. The third kappa shape index (κ3) is 3.31. The summed E-state index contributed by atoms with van der Waals surface area (Å²) in [6, 6.07) is 8.14. The molecule has 0 spiro atoms. The fourth-order valence-electron chi connectivity index (χ4n) is 3.39. The number of anilines is 1. The zero-order chi connectivity index (χ0) is 17.2. The van der Waals surface area contributed by atoms with Crippen LogP contribution in [0.15, 0.2) is 29.6 Å². The Labute approximate surface area is 156 Å². The maximum absolute atomic E-state index is 6.22. The fraction of sp³-hybridized carbons (Fsp3) is 0.368. The quantitative estimate of drug-likeness (QED) is 0.576. The van der Waals surface area contributed by atoms with Gasteiger partial charge in [0.25, 0.3) is 0 Å². The van der Waals surface area contributed by atoms with E-state index in [1.807, 2.05) is 12.1 Å². The SMILES string of the molecule is COc1ccc(-c2csc3nc(Cl)nc(N4CCCCCC4)c23)cc1. The largest absolute Gasteiger partial charge is 0.497 e. The summed E-state index contributed by atoms with van der Waals surface area (Å²) >= 11 is 7.84. The zero-order valence-corrected chi connectivity index (χ0v) is 15.7. The van der Waals surface area contributed by atoms with Crippen LogP contribution in [0.3, 0.4) is 0 Å². The van der Waals surface area contributed by atoms with Gasteiger partial charge in [0.2, 0.25) is 5.28 Å². The number of nitrogens with zero attached hydrogens (tertiary/aromatic N) is 3. The van der Waals surface area contributed by atoms with Crippen molar-refractivity contribution < 1.29 is 4.74 Å². The van der Waals surface area contributed by atoms with Gasteiger partial charge in [-0.3, -0.25) is 0 Å². The van der Waals surface area contributed by atoms with Gasteiger partial charge < -0.3 is 9.64 Å². The molecule has 0 amide bonds. The van der Waals surface area contributed by atoms with E-state index < -0.39 is 0 Å². The van der Waals surface area contributed by atoms with Crippen molar-refractivity contribution in [2.24, 2.45) is 0 Å². The number of fused-ring (bicyclic) bond motifs is 1. The molecule has 0 atom stereocenters. The molecule has 6 heteroatoms. The first kappa shape index (κ1) is 16.6. The van der Waals surface area contributed by atoms with Crippen LogP contribution in [0.1, 0.15) is 25.7 Å². The molecule has 3 aromatic rings. The van der Waals surface area contributed by atoms with Crippen molar-refractivity contribution >= 4 is 39.0 Å². The summed E-state index contributed by atoms with van der Waals surface area (Å²) in [5.74, 6) is 1.83. The minimum Gasteiger partial charge on any atom is -0.497 e. The van der Waals surface area contributed by atoms with Gasteiger partial charge in [-0.15, -0.1) is 11.3 Å². The molecule has 1 fully saturated rings. The number of hydrogen-bond acceptors (Lipinski definition) is 5. The first-order valence-electron chi connectivity index (χ1n) is 8.60. The van der Waals surface area contributed by atoms with Crippen LogP contribution in [0.2, 0.25) is 5.28 Å². The molecule has 4 nitrogen and oxygen atoms in total. The van der Waals surface area contributed by atoms with E-state index in [2.05, 4.69) is 32.4 Å². The third-order valence-electron chi connectivity index (χ3n) is 4.69. The molecular formula is C19H20ClN3OS. The first-order valence-corrected chi connectivity index (χ1v) is 9.86. The molecule has 3 heterocycles. The lowest BCUT2D eigenvalue weighted by Crippen LogP contribution is -2.25. The molecule has 1 aliphatic heterocycles. The zero-order valence-electron chi connectivity index (χ0n) is 14.2. The van der Waals surface area contributed by atoms with Crippen molar-refractivity contribution in [3.8, 4) is 16.9 Å². The molecule has 0 saturated carbocycles. The highest BCUT2D eigenvalue weighted by atomic mass is 35.5. The molecular weight excluding hydrogens is 354 g/mol. The molecule has 2 aromatic heterocycles. The summed E-state index contributed by atoms with van der Waals surface area (Å²) in [5.41, 5.74) is 2.31. The number of ether oxygens (including phenoxy) is 1. The Hall–Kier alpha value is -1.85. The van der Waals surface area contributed by atoms with E-state index in [-0.39, 0.29) is 0 Å². The molecule has 25 heavy (non-hydrogen) atoms. The lowest BCUT2D eigenvalue weighted by atomic mass is 10.1. The van der Waals surface area contributed by atoms with Gasteiger partial charge in [0.05, 0.1) is 12.5 Å². The molecule has 0 radical (unpaired) electrons. The average molecular weight is 374 g/mol. The Bertz CT molecular complexity index is 870. The van der Waals surface area contributed by atoms with Crippen molar-refractivity contribution in [3.63, 3.8) is 0 Å². The second-order valence-corrected chi connectivity index (χ2v) is 7.47. The number of hydrogen-bond donors (Lipinski definition) is 0. The second kappa shape index (κ2) is 7.18. The minimum absolute atomic E-state index is 0.329. The number of thiophene rings is 1. The van der Waals surface area contributed by atoms with Crippen molar-refractivity contribution in [2.45, 2.75) is 25.7 Å². The summed E-state index contributed by atoms with van der Waals surface area (Å²) in [5, 5.41) is 3.59. The van der Waals surface area contributed by atoms with Crippen molar-refractivity contribution in [3.05, 3.63) is 34.9 Å². The predicted molar refractivity (Wildman–Crippen MR) is 105 cm³/mol. The maximum Gasteiger partial charge on any atom is 0.225 e. The van der Waals surface area contributed by atoms with Crippen LogP contribution in [0, 0.1) is 0 Å². The Morgan fingerprint density at radius 3 is 2.44 bits per heavy atom. The fourth-order valence-corrected chi connectivity index (χ4v) is 4.55. The first-order chi connectivity index (χ1) is 12.3. The van der Waals surface area contributed by atoms with E-state index in [9.17, 15) is 0 Å². The average Bonchev–Trinajstić information content (AvgIpc) is 2.87. The number of aromatic nitrogens is 2. The summed E-state index contributed by atoms with van der Waals surface area (Å²) in [6.45, 7) is 2.06.